The molecule has 0 saturated heterocycles. The van der Waals surface area contributed by atoms with E-state index in [-0.39, 0.29) is 12.0 Å². The van der Waals surface area contributed by atoms with Crippen molar-refractivity contribution in [3.8, 4) is 5.75 Å². The van der Waals surface area contributed by atoms with Crippen molar-refractivity contribution in [3.63, 3.8) is 0 Å². The van der Waals surface area contributed by atoms with Gasteiger partial charge in [-0.1, -0.05) is 20.8 Å². The first-order valence-corrected chi connectivity index (χ1v) is 6.63. The third-order valence-electron chi connectivity index (χ3n) is 2.91. The first kappa shape index (κ1) is 12.4. The van der Waals surface area contributed by atoms with Crippen LogP contribution in [0, 0.1) is 0 Å². The van der Waals surface area contributed by atoms with Crippen molar-refractivity contribution in [1.29, 1.82) is 0 Å². The van der Waals surface area contributed by atoms with Crippen LogP contribution in [0.25, 0.3) is 0 Å². The lowest BCUT2D eigenvalue weighted by molar-refractivity contribution is -0.123. The topological polar surface area (TPSA) is 38.3 Å². The van der Waals surface area contributed by atoms with E-state index in [9.17, 15) is 4.79 Å². The van der Waals surface area contributed by atoms with E-state index in [2.05, 4.69) is 35.1 Å². The molecule has 0 bridgehead atoms. The lowest BCUT2D eigenvalue weighted by Gasteiger charge is -2.27. The van der Waals surface area contributed by atoms with Crippen LogP contribution in [0.5, 0.6) is 5.75 Å². The first-order valence-electron chi connectivity index (χ1n) is 5.84. The van der Waals surface area contributed by atoms with E-state index in [1.54, 1.807) is 0 Å². The largest absolute Gasteiger partial charge is 0.477 e. The Kier molecular flexibility index (Phi) is 3.43. The molecule has 0 spiro atoms. The average molecular weight is 298 g/mol. The smallest absolute Gasteiger partial charge is 0.265 e. The second-order valence-electron chi connectivity index (χ2n) is 4.54. The highest BCUT2D eigenvalue weighted by molar-refractivity contribution is 9.10. The van der Waals surface area contributed by atoms with Crippen LogP contribution in [0.15, 0.2) is 16.6 Å². The number of benzene rings is 1. The molecular formula is C13H16BrNO2. The zero-order valence-corrected chi connectivity index (χ0v) is 11.8. The number of nitrogens with one attached hydrogen (secondary N) is 1. The van der Waals surface area contributed by atoms with Crippen molar-refractivity contribution < 1.29 is 9.53 Å². The Bertz CT molecular complexity index is 457. The zero-order chi connectivity index (χ0) is 12.6. The molecule has 1 aliphatic heterocycles. The molecule has 1 aliphatic rings. The molecule has 4 heteroatoms. The van der Waals surface area contributed by atoms with Crippen LogP contribution in [0.3, 0.4) is 0 Å². The molecule has 1 heterocycles. The summed E-state index contributed by atoms with van der Waals surface area (Å²) in [6.45, 7) is 6.18. The first-order chi connectivity index (χ1) is 8.02. The highest BCUT2D eigenvalue weighted by Gasteiger charge is 2.28. The van der Waals surface area contributed by atoms with Crippen LogP contribution in [-0.4, -0.2) is 12.0 Å². The highest BCUT2D eigenvalue weighted by Crippen LogP contribution is 2.39. The molecule has 92 valence electrons. The number of hydrogen-bond acceptors (Lipinski definition) is 2. The van der Waals surface area contributed by atoms with Gasteiger partial charge in [-0.15, -0.1) is 0 Å². The molecule has 1 atom stereocenters. The van der Waals surface area contributed by atoms with Crippen LogP contribution in [-0.2, 0) is 4.79 Å². The predicted molar refractivity (Wildman–Crippen MR) is 71.6 cm³/mol. The van der Waals surface area contributed by atoms with E-state index >= 15 is 0 Å². The minimum absolute atomic E-state index is 0.0622. The maximum atomic E-state index is 11.7. The lowest BCUT2D eigenvalue weighted by Crippen LogP contribution is -2.36. The van der Waals surface area contributed by atoms with Gasteiger partial charge in [-0.25, -0.2) is 0 Å². The van der Waals surface area contributed by atoms with Crippen molar-refractivity contribution in [3.05, 3.63) is 22.2 Å². The maximum absolute atomic E-state index is 11.7. The highest BCUT2D eigenvalue weighted by atomic mass is 79.9. The molecule has 1 unspecified atom stereocenters. The fraction of sp³-hybridized carbons (Fsp3) is 0.462. The molecule has 0 aromatic heterocycles. The van der Waals surface area contributed by atoms with Gasteiger partial charge >= 0.3 is 0 Å². The van der Waals surface area contributed by atoms with Crippen LogP contribution in [0.1, 0.15) is 38.7 Å². The Labute approximate surface area is 110 Å². The average Bonchev–Trinajstić information content (AvgIpc) is 2.27. The van der Waals surface area contributed by atoms with Gasteiger partial charge in [-0.2, -0.15) is 0 Å². The van der Waals surface area contributed by atoms with E-state index in [0.717, 1.165) is 15.9 Å². The minimum Gasteiger partial charge on any atom is -0.477 e. The summed E-state index contributed by atoms with van der Waals surface area (Å²) in [5.41, 5.74) is 1.94. The Balaban J connectivity index is 2.44. The molecule has 0 saturated carbocycles. The van der Waals surface area contributed by atoms with Gasteiger partial charge in [-0.3, -0.25) is 4.79 Å². The quantitative estimate of drug-likeness (QED) is 0.904. The van der Waals surface area contributed by atoms with Gasteiger partial charge < -0.3 is 10.1 Å². The Morgan fingerprint density at radius 2 is 2.18 bits per heavy atom. The molecular weight excluding hydrogens is 282 g/mol. The molecule has 1 aromatic rings. The molecule has 1 aromatic carbocycles. The SMILES string of the molecule is CCC1Oc2c(Br)cc(C(C)C)cc2NC1=O. The number of halogens is 1. The van der Waals surface area contributed by atoms with Gasteiger partial charge in [0.25, 0.3) is 5.91 Å². The van der Waals surface area contributed by atoms with E-state index in [1.807, 2.05) is 19.1 Å². The molecule has 1 N–H and O–H groups in total. The Hall–Kier alpha value is -1.03. The molecule has 1 amide bonds. The van der Waals surface area contributed by atoms with Crippen molar-refractivity contribution in [1.82, 2.24) is 0 Å². The number of carbonyl (C=O) groups is 1. The summed E-state index contributed by atoms with van der Waals surface area (Å²) in [5, 5.41) is 2.90. The lowest BCUT2D eigenvalue weighted by atomic mass is 10.0. The van der Waals surface area contributed by atoms with E-state index in [1.165, 1.54) is 5.56 Å². The van der Waals surface area contributed by atoms with Gasteiger partial charge in [0, 0.05) is 0 Å². The van der Waals surface area contributed by atoms with Crippen molar-refractivity contribution in [2.24, 2.45) is 0 Å². The number of amides is 1. The van der Waals surface area contributed by atoms with Crippen molar-refractivity contribution in [2.45, 2.75) is 39.2 Å². The van der Waals surface area contributed by atoms with Gasteiger partial charge in [0.2, 0.25) is 0 Å². The second kappa shape index (κ2) is 4.69. The number of anilines is 1. The van der Waals surface area contributed by atoms with E-state index in [0.29, 0.717) is 12.3 Å². The van der Waals surface area contributed by atoms with Gasteiger partial charge in [0.05, 0.1) is 10.2 Å². The number of fused-ring (bicyclic) bond motifs is 1. The van der Waals surface area contributed by atoms with E-state index in [4.69, 9.17) is 4.74 Å². The number of rotatable bonds is 2. The summed E-state index contributed by atoms with van der Waals surface area (Å²) in [6, 6.07) is 4.03. The van der Waals surface area contributed by atoms with E-state index < -0.39 is 0 Å². The third-order valence-corrected chi connectivity index (χ3v) is 3.50. The minimum atomic E-state index is -0.385. The predicted octanol–water partition coefficient (Wildman–Crippen LogP) is 3.68. The molecule has 17 heavy (non-hydrogen) atoms. The van der Waals surface area contributed by atoms with Gasteiger partial charge in [0.15, 0.2) is 11.9 Å². The molecule has 0 radical (unpaired) electrons. The summed E-state index contributed by atoms with van der Waals surface area (Å²) >= 11 is 3.50. The maximum Gasteiger partial charge on any atom is 0.265 e. The fourth-order valence-corrected chi connectivity index (χ4v) is 2.41. The number of hydrogen-bond donors (Lipinski definition) is 1. The van der Waals surface area contributed by atoms with Crippen LogP contribution in [0.4, 0.5) is 5.69 Å². The van der Waals surface area contributed by atoms with Crippen molar-refractivity contribution in [2.75, 3.05) is 5.32 Å². The second-order valence-corrected chi connectivity index (χ2v) is 5.39. The van der Waals surface area contributed by atoms with Gasteiger partial charge in [-0.05, 0) is 46.0 Å². The summed E-state index contributed by atoms with van der Waals surface area (Å²) in [4.78, 5) is 11.7. The monoisotopic (exact) mass is 297 g/mol. The third kappa shape index (κ3) is 2.32. The molecule has 0 aliphatic carbocycles. The Morgan fingerprint density at radius 3 is 2.76 bits per heavy atom. The number of carbonyl (C=O) groups excluding carboxylic acids is 1. The Morgan fingerprint density at radius 1 is 1.47 bits per heavy atom. The van der Waals surface area contributed by atoms with Crippen LogP contribution < -0.4 is 10.1 Å². The molecule has 3 nitrogen and oxygen atoms in total. The number of ether oxygens (including phenoxy) is 1. The van der Waals surface area contributed by atoms with Crippen molar-refractivity contribution >= 4 is 27.5 Å². The summed E-state index contributed by atoms with van der Waals surface area (Å²) in [5.74, 6) is 1.09. The molecule has 2 rings (SSSR count). The van der Waals surface area contributed by atoms with Crippen LogP contribution >= 0.6 is 15.9 Å². The summed E-state index contributed by atoms with van der Waals surface area (Å²) < 4.78 is 6.60. The van der Waals surface area contributed by atoms with Crippen LogP contribution in [0.2, 0.25) is 0 Å². The molecule has 0 fully saturated rings. The normalized spacial score (nSPS) is 18.6. The summed E-state index contributed by atoms with van der Waals surface area (Å²) in [6.07, 6.45) is 0.285. The van der Waals surface area contributed by atoms with Gasteiger partial charge in [0.1, 0.15) is 0 Å². The zero-order valence-electron chi connectivity index (χ0n) is 10.2. The summed E-state index contributed by atoms with van der Waals surface area (Å²) in [7, 11) is 0. The standard InChI is InChI=1S/C13H16BrNO2/c1-4-11-13(16)15-10-6-8(7(2)3)5-9(14)12(10)17-11/h5-7,11H,4H2,1-3H3,(H,15,16). The fourth-order valence-electron chi connectivity index (χ4n) is 1.84.